The second-order valence-corrected chi connectivity index (χ2v) is 11.6. The van der Waals surface area contributed by atoms with E-state index >= 15 is 0 Å². The van der Waals surface area contributed by atoms with Crippen LogP contribution in [0.5, 0.6) is 0 Å². The summed E-state index contributed by atoms with van der Waals surface area (Å²) in [6.45, 7) is 19.7. The predicted octanol–water partition coefficient (Wildman–Crippen LogP) is 7.98. The van der Waals surface area contributed by atoms with Gasteiger partial charge in [0.15, 0.2) is 0 Å². The van der Waals surface area contributed by atoms with E-state index in [1.54, 1.807) is 16.7 Å². The zero-order valence-corrected chi connectivity index (χ0v) is 19.4. The first-order valence-corrected chi connectivity index (χ1v) is 12.2. The second kappa shape index (κ2) is 6.35. The van der Waals surface area contributed by atoms with E-state index in [4.69, 9.17) is 6.58 Å². The first-order chi connectivity index (χ1) is 13.7. The van der Waals surface area contributed by atoms with E-state index in [0.717, 1.165) is 23.7 Å². The van der Waals surface area contributed by atoms with Crippen molar-refractivity contribution in [1.29, 1.82) is 0 Å². The van der Waals surface area contributed by atoms with Gasteiger partial charge < -0.3 is 0 Å². The molecular weight excluding hydrogens is 348 g/mol. The second-order valence-electron chi connectivity index (χ2n) is 11.6. The molecule has 1 aromatic carbocycles. The average Bonchev–Trinajstić information content (AvgIpc) is 3.43. The smallest absolute Gasteiger partial charge is 0.00440 e. The lowest BCUT2D eigenvalue weighted by atomic mass is 9.63. The molecule has 3 fully saturated rings. The van der Waals surface area contributed by atoms with Crippen LogP contribution >= 0.6 is 0 Å². The number of allylic oxidation sites excluding steroid dienone is 3. The Morgan fingerprint density at radius 1 is 1.03 bits per heavy atom. The zero-order valence-electron chi connectivity index (χ0n) is 19.4. The first kappa shape index (κ1) is 19.7. The van der Waals surface area contributed by atoms with Crippen LogP contribution in [0.1, 0.15) is 83.8 Å². The number of hydrogen-bond acceptors (Lipinski definition) is 0. The molecule has 10 atom stereocenters. The van der Waals surface area contributed by atoms with Crippen LogP contribution in [0.25, 0.3) is 0 Å². The van der Waals surface area contributed by atoms with E-state index in [1.165, 1.54) is 19.3 Å². The van der Waals surface area contributed by atoms with Gasteiger partial charge in [0, 0.05) is 0 Å². The minimum absolute atomic E-state index is 0.308. The van der Waals surface area contributed by atoms with E-state index in [1.807, 2.05) is 0 Å². The lowest BCUT2D eigenvalue weighted by Crippen LogP contribution is -2.33. The molecule has 10 unspecified atom stereocenters. The molecule has 0 radical (unpaired) electrons. The highest BCUT2D eigenvalue weighted by molar-refractivity contribution is 5.40. The van der Waals surface area contributed by atoms with Gasteiger partial charge in [-0.25, -0.2) is 0 Å². The Morgan fingerprint density at radius 3 is 2.38 bits per heavy atom. The van der Waals surface area contributed by atoms with E-state index in [-0.39, 0.29) is 0 Å². The van der Waals surface area contributed by atoms with Crippen LogP contribution in [-0.4, -0.2) is 0 Å². The topological polar surface area (TPSA) is 0 Å². The molecule has 4 aliphatic rings. The van der Waals surface area contributed by atoms with Crippen LogP contribution in [0.15, 0.2) is 48.6 Å². The van der Waals surface area contributed by atoms with Crippen molar-refractivity contribution < 1.29 is 0 Å². The molecule has 0 saturated heterocycles. The van der Waals surface area contributed by atoms with Gasteiger partial charge in [-0.15, -0.1) is 0 Å². The Hall–Kier alpha value is -1.30. The van der Waals surface area contributed by atoms with Gasteiger partial charge in [-0.05, 0) is 88.6 Å². The summed E-state index contributed by atoms with van der Waals surface area (Å²) in [5.41, 5.74) is 5.45. The number of benzene rings is 1. The van der Waals surface area contributed by atoms with Crippen LogP contribution in [0.2, 0.25) is 0 Å². The van der Waals surface area contributed by atoms with Crippen LogP contribution in [0.4, 0.5) is 0 Å². The quantitative estimate of drug-likeness (QED) is 0.459. The van der Waals surface area contributed by atoms with E-state index in [9.17, 15) is 0 Å². The minimum Gasteiger partial charge on any atom is -0.0992 e. The van der Waals surface area contributed by atoms with Crippen molar-refractivity contribution >= 4 is 0 Å². The molecule has 0 amide bonds. The van der Waals surface area contributed by atoms with E-state index in [0.29, 0.717) is 34.5 Å². The molecule has 4 aliphatic carbocycles. The van der Waals surface area contributed by atoms with Crippen LogP contribution in [-0.2, 0) is 0 Å². The highest BCUT2D eigenvalue weighted by Gasteiger charge is 2.69. The van der Waals surface area contributed by atoms with Crippen molar-refractivity contribution in [2.45, 2.75) is 72.6 Å². The molecule has 156 valence electrons. The Balaban J connectivity index is 1.54. The third kappa shape index (κ3) is 2.50. The van der Waals surface area contributed by atoms with Gasteiger partial charge >= 0.3 is 0 Å². The fourth-order valence-electron chi connectivity index (χ4n) is 8.20. The SMILES string of the molecule is C=C1C(C(C)c2ccccc2C(C)CC)CC2CC2C2C1C1(C)C=CC2(C)C1C. The lowest BCUT2D eigenvalue weighted by Gasteiger charge is -2.41. The molecular formula is C29H40. The molecule has 3 saturated carbocycles. The van der Waals surface area contributed by atoms with Crippen LogP contribution in [0, 0.1) is 46.3 Å². The van der Waals surface area contributed by atoms with Crippen LogP contribution < -0.4 is 0 Å². The summed E-state index contributed by atoms with van der Waals surface area (Å²) >= 11 is 0. The van der Waals surface area contributed by atoms with E-state index in [2.05, 4.69) is 78.0 Å². The maximum Gasteiger partial charge on any atom is -0.00440 e. The summed E-state index contributed by atoms with van der Waals surface area (Å²) < 4.78 is 0. The molecule has 0 aliphatic heterocycles. The van der Waals surface area contributed by atoms with Gasteiger partial charge in [-0.3, -0.25) is 0 Å². The van der Waals surface area contributed by atoms with Crippen molar-refractivity contribution in [2.75, 3.05) is 0 Å². The highest BCUT2D eigenvalue weighted by Crippen LogP contribution is 2.76. The van der Waals surface area contributed by atoms with Gasteiger partial charge in [0.2, 0.25) is 0 Å². The standard InChI is InChI=1S/C29H40/c1-8-17(2)22-11-9-10-12-23(22)18(3)24-15-21-16-25(21)27-26(19(24)4)28(6)13-14-29(27,7)20(28)5/h9-14,17-18,20-21,24-27H,4,8,15-16H2,1-3,5-7H3. The molecule has 29 heavy (non-hydrogen) atoms. The summed E-state index contributed by atoms with van der Waals surface area (Å²) in [5.74, 6) is 5.96. The zero-order chi connectivity index (χ0) is 20.7. The van der Waals surface area contributed by atoms with Crippen molar-refractivity contribution in [2.24, 2.45) is 46.3 Å². The van der Waals surface area contributed by atoms with Gasteiger partial charge in [0.05, 0.1) is 0 Å². The Kier molecular flexibility index (Phi) is 4.30. The molecule has 2 bridgehead atoms. The fraction of sp³-hybridized carbons (Fsp3) is 0.655. The summed E-state index contributed by atoms with van der Waals surface area (Å²) in [6, 6.07) is 9.28. The normalized spacial score (nSPS) is 46.8. The largest absolute Gasteiger partial charge is 0.0992 e. The number of hydrogen-bond donors (Lipinski definition) is 0. The van der Waals surface area contributed by atoms with Crippen molar-refractivity contribution in [3.8, 4) is 0 Å². The van der Waals surface area contributed by atoms with Crippen molar-refractivity contribution in [3.05, 3.63) is 59.7 Å². The van der Waals surface area contributed by atoms with Crippen LogP contribution in [0.3, 0.4) is 0 Å². The Bertz CT molecular complexity index is 861. The van der Waals surface area contributed by atoms with Gasteiger partial charge in [-0.1, -0.05) is 90.1 Å². The fourth-order valence-corrected chi connectivity index (χ4v) is 8.20. The molecule has 0 heterocycles. The maximum absolute atomic E-state index is 4.89. The summed E-state index contributed by atoms with van der Waals surface area (Å²) in [4.78, 5) is 0. The number of rotatable bonds is 4. The molecule has 1 aromatic rings. The maximum atomic E-state index is 4.89. The molecule has 5 rings (SSSR count). The summed E-state index contributed by atoms with van der Waals surface area (Å²) in [6.07, 6.45) is 9.23. The van der Waals surface area contributed by atoms with E-state index < -0.39 is 0 Å². The third-order valence-electron chi connectivity index (χ3n) is 10.5. The molecule has 0 spiro atoms. The average molecular weight is 389 g/mol. The Labute approximate surface area is 178 Å². The molecule has 0 aromatic heterocycles. The van der Waals surface area contributed by atoms with Gasteiger partial charge in [0.1, 0.15) is 0 Å². The first-order valence-electron chi connectivity index (χ1n) is 12.2. The lowest BCUT2D eigenvalue weighted by molar-refractivity contribution is 0.198. The third-order valence-corrected chi connectivity index (χ3v) is 10.5. The summed E-state index contributed by atoms with van der Waals surface area (Å²) in [7, 11) is 0. The van der Waals surface area contributed by atoms with Gasteiger partial charge in [0.25, 0.3) is 0 Å². The summed E-state index contributed by atoms with van der Waals surface area (Å²) in [5, 5.41) is 0. The predicted molar refractivity (Wildman–Crippen MR) is 124 cm³/mol. The van der Waals surface area contributed by atoms with Crippen molar-refractivity contribution in [1.82, 2.24) is 0 Å². The minimum atomic E-state index is 0.308. The molecule has 0 heteroatoms. The highest BCUT2D eigenvalue weighted by atomic mass is 14.7. The van der Waals surface area contributed by atoms with Crippen molar-refractivity contribution in [3.63, 3.8) is 0 Å². The monoisotopic (exact) mass is 388 g/mol. The molecule has 0 nitrogen and oxygen atoms in total. The molecule has 0 N–H and O–H groups in total. The number of fused-ring (bicyclic) bond motifs is 7. The Morgan fingerprint density at radius 2 is 1.69 bits per heavy atom. The van der Waals surface area contributed by atoms with Gasteiger partial charge in [-0.2, -0.15) is 0 Å².